The van der Waals surface area contributed by atoms with E-state index in [1.54, 1.807) is 10.8 Å². The molecule has 0 rings (SSSR count). The Bertz CT molecular complexity index is 233. The topological polar surface area (TPSA) is 3.24 Å². The molecule has 3 unspecified atom stereocenters. The van der Waals surface area contributed by atoms with Crippen LogP contribution in [-0.4, -0.2) is 33.3 Å². The molecule has 1 nitrogen and oxygen atoms in total. The summed E-state index contributed by atoms with van der Waals surface area (Å²) in [5, 5.41) is 1.62. The largest absolute Gasteiger partial charge is 0.291 e. The summed E-state index contributed by atoms with van der Waals surface area (Å²) in [6.07, 6.45) is 3.72. The van der Waals surface area contributed by atoms with Gasteiger partial charge in [-0.05, 0) is 47.0 Å². The third-order valence-electron chi connectivity index (χ3n) is 4.23. The summed E-state index contributed by atoms with van der Waals surface area (Å²) in [7, 11) is 1.20. The molecule has 0 aliphatic heterocycles. The van der Waals surface area contributed by atoms with E-state index in [1.807, 2.05) is 0 Å². The van der Waals surface area contributed by atoms with Gasteiger partial charge >= 0.3 is 0 Å². The molecule has 0 bridgehead atoms. The second kappa shape index (κ2) is 8.10. The van der Waals surface area contributed by atoms with Gasteiger partial charge in [0.1, 0.15) is 0 Å². The van der Waals surface area contributed by atoms with Gasteiger partial charge in [0, 0.05) is 28.4 Å². The summed E-state index contributed by atoms with van der Waals surface area (Å²) in [6, 6.07) is 2.02. The molecule has 0 N–H and O–H groups in total. The molecule has 17 heavy (non-hydrogen) atoms. The lowest BCUT2D eigenvalue weighted by Gasteiger charge is -2.41. The third kappa shape index (κ3) is 4.59. The van der Waals surface area contributed by atoms with Gasteiger partial charge in [-0.15, -0.1) is 0 Å². The zero-order chi connectivity index (χ0) is 13.6. The Labute approximate surface area is 112 Å². The SMILES string of the molecule is CCC(C)N(C(C)CC)C(CC)C(C)=C(C)[SiH3]. The van der Waals surface area contributed by atoms with Crippen LogP contribution in [0.15, 0.2) is 10.8 Å². The van der Waals surface area contributed by atoms with Crippen LogP contribution in [0.1, 0.15) is 67.7 Å². The van der Waals surface area contributed by atoms with Crippen molar-refractivity contribution in [3.8, 4) is 0 Å². The number of hydrogen-bond acceptors (Lipinski definition) is 1. The molecule has 0 aromatic carbocycles. The predicted octanol–water partition coefficient (Wildman–Crippen LogP) is 3.32. The highest BCUT2D eigenvalue weighted by molar-refractivity contribution is 6.21. The maximum atomic E-state index is 2.75. The van der Waals surface area contributed by atoms with Crippen LogP contribution in [0.25, 0.3) is 0 Å². The van der Waals surface area contributed by atoms with Gasteiger partial charge in [-0.25, -0.2) is 0 Å². The molecule has 102 valence electrons. The van der Waals surface area contributed by atoms with Crippen LogP contribution in [0, 0.1) is 0 Å². The maximum absolute atomic E-state index is 2.75. The van der Waals surface area contributed by atoms with Gasteiger partial charge in [0.15, 0.2) is 0 Å². The van der Waals surface area contributed by atoms with E-state index in [1.165, 1.54) is 29.5 Å². The van der Waals surface area contributed by atoms with E-state index in [0.29, 0.717) is 18.1 Å². The normalized spacial score (nSPS) is 19.1. The molecule has 2 heteroatoms. The van der Waals surface area contributed by atoms with E-state index in [4.69, 9.17) is 0 Å². The summed E-state index contributed by atoms with van der Waals surface area (Å²) in [4.78, 5) is 2.75. The minimum Gasteiger partial charge on any atom is -0.291 e. The fourth-order valence-corrected chi connectivity index (χ4v) is 2.88. The van der Waals surface area contributed by atoms with E-state index in [9.17, 15) is 0 Å². The van der Waals surface area contributed by atoms with Crippen LogP contribution in [-0.2, 0) is 0 Å². The second-order valence-corrected chi connectivity index (χ2v) is 7.07. The molecule has 0 heterocycles. The van der Waals surface area contributed by atoms with Crippen molar-refractivity contribution in [3.05, 3.63) is 10.8 Å². The van der Waals surface area contributed by atoms with Crippen molar-refractivity contribution in [2.75, 3.05) is 0 Å². The zero-order valence-electron chi connectivity index (χ0n) is 13.3. The highest BCUT2D eigenvalue weighted by atomic mass is 28.1. The predicted molar refractivity (Wildman–Crippen MR) is 83.7 cm³/mol. The number of hydrogen-bond donors (Lipinski definition) is 0. The van der Waals surface area contributed by atoms with E-state index < -0.39 is 0 Å². The zero-order valence-corrected chi connectivity index (χ0v) is 15.3. The van der Waals surface area contributed by atoms with Crippen molar-refractivity contribution in [1.82, 2.24) is 4.90 Å². The first kappa shape index (κ1) is 16.9. The molecule has 0 amide bonds. The molecule has 0 aliphatic carbocycles. The van der Waals surface area contributed by atoms with Crippen molar-refractivity contribution in [1.29, 1.82) is 0 Å². The Kier molecular flexibility index (Phi) is 8.06. The minimum atomic E-state index is 0.650. The average molecular weight is 256 g/mol. The Balaban J connectivity index is 5.18. The van der Waals surface area contributed by atoms with Gasteiger partial charge in [0.25, 0.3) is 0 Å². The van der Waals surface area contributed by atoms with Crippen molar-refractivity contribution < 1.29 is 0 Å². The first-order chi connectivity index (χ1) is 7.90. The molecule has 0 fully saturated rings. The van der Waals surface area contributed by atoms with E-state index in [0.717, 1.165) is 0 Å². The van der Waals surface area contributed by atoms with Crippen LogP contribution in [0.5, 0.6) is 0 Å². The fraction of sp³-hybridized carbons (Fsp3) is 0.867. The van der Waals surface area contributed by atoms with E-state index >= 15 is 0 Å². The summed E-state index contributed by atoms with van der Waals surface area (Å²) in [5.74, 6) is 0. The van der Waals surface area contributed by atoms with Gasteiger partial charge in [0.05, 0.1) is 0 Å². The summed E-state index contributed by atoms with van der Waals surface area (Å²) >= 11 is 0. The summed E-state index contributed by atoms with van der Waals surface area (Å²) in [5.41, 5.74) is 1.62. The second-order valence-electron chi connectivity index (χ2n) is 5.57. The highest BCUT2D eigenvalue weighted by Gasteiger charge is 2.26. The molecular formula is C15H33NSi. The molecule has 0 aromatic rings. The third-order valence-corrected chi connectivity index (χ3v) is 5.02. The molecule has 0 aromatic heterocycles. The standard InChI is InChI=1S/C15H33NSi/c1-8-11(4)16(12(5)9-2)15(10-3)13(6)14(7)17/h11-12,15H,8-10H2,1-7,17H3. The Morgan fingerprint density at radius 2 is 1.35 bits per heavy atom. The van der Waals surface area contributed by atoms with Crippen molar-refractivity contribution >= 4 is 10.2 Å². The number of nitrogens with zero attached hydrogens (tertiary/aromatic N) is 1. The molecule has 3 atom stereocenters. The van der Waals surface area contributed by atoms with E-state index in [-0.39, 0.29) is 0 Å². The Morgan fingerprint density at radius 1 is 0.941 bits per heavy atom. The molecule has 0 saturated carbocycles. The van der Waals surface area contributed by atoms with Gasteiger partial charge in [0.2, 0.25) is 0 Å². The van der Waals surface area contributed by atoms with Gasteiger partial charge in [-0.3, -0.25) is 4.90 Å². The quantitative estimate of drug-likeness (QED) is 0.631. The Morgan fingerprint density at radius 3 is 1.59 bits per heavy atom. The summed E-state index contributed by atoms with van der Waals surface area (Å²) < 4.78 is 0. The number of allylic oxidation sites excluding steroid dienone is 1. The van der Waals surface area contributed by atoms with E-state index in [2.05, 4.69) is 53.4 Å². The van der Waals surface area contributed by atoms with Gasteiger partial charge in [-0.1, -0.05) is 31.5 Å². The monoisotopic (exact) mass is 255 g/mol. The van der Waals surface area contributed by atoms with Crippen LogP contribution in [0.4, 0.5) is 0 Å². The smallest absolute Gasteiger partial charge is 0.0329 e. The van der Waals surface area contributed by atoms with Gasteiger partial charge in [-0.2, -0.15) is 0 Å². The van der Waals surface area contributed by atoms with Crippen molar-refractivity contribution in [3.63, 3.8) is 0 Å². The first-order valence-corrected chi connectivity index (χ1v) is 8.31. The van der Waals surface area contributed by atoms with Crippen LogP contribution >= 0.6 is 0 Å². The van der Waals surface area contributed by atoms with Crippen LogP contribution in [0.3, 0.4) is 0 Å². The fourth-order valence-electron chi connectivity index (χ4n) is 2.54. The lowest BCUT2D eigenvalue weighted by molar-refractivity contribution is 0.104. The van der Waals surface area contributed by atoms with Crippen LogP contribution < -0.4 is 0 Å². The minimum absolute atomic E-state index is 0.650. The Hall–Kier alpha value is -0.0831. The van der Waals surface area contributed by atoms with Crippen molar-refractivity contribution in [2.24, 2.45) is 0 Å². The molecule has 0 radical (unpaired) electrons. The summed E-state index contributed by atoms with van der Waals surface area (Å²) in [6.45, 7) is 16.3. The molecule has 0 saturated heterocycles. The highest BCUT2D eigenvalue weighted by Crippen LogP contribution is 2.24. The van der Waals surface area contributed by atoms with Gasteiger partial charge < -0.3 is 0 Å². The maximum Gasteiger partial charge on any atom is 0.0329 e. The van der Waals surface area contributed by atoms with Crippen molar-refractivity contribution in [2.45, 2.75) is 85.9 Å². The van der Waals surface area contributed by atoms with Crippen LogP contribution in [0.2, 0.25) is 0 Å². The first-order valence-electron chi connectivity index (χ1n) is 7.31. The lowest BCUT2D eigenvalue weighted by atomic mass is 9.98. The molecular weight excluding hydrogens is 222 g/mol. The number of rotatable bonds is 7. The molecule has 0 spiro atoms. The molecule has 0 aliphatic rings. The average Bonchev–Trinajstić information content (AvgIpc) is 2.32. The lowest BCUT2D eigenvalue weighted by Crippen LogP contribution is -2.47.